The van der Waals surface area contributed by atoms with Gasteiger partial charge < -0.3 is 10.1 Å². The van der Waals surface area contributed by atoms with Gasteiger partial charge in [-0.25, -0.2) is 4.98 Å². The number of nitrogens with zero attached hydrogens (tertiary/aromatic N) is 2. The first kappa shape index (κ1) is 14.7. The van der Waals surface area contributed by atoms with Crippen molar-refractivity contribution in [1.82, 2.24) is 14.7 Å². The van der Waals surface area contributed by atoms with Gasteiger partial charge in [-0.1, -0.05) is 6.07 Å². The normalized spacial score (nSPS) is 11.9. The lowest BCUT2D eigenvalue weighted by Gasteiger charge is -2.24. The lowest BCUT2D eigenvalue weighted by atomic mass is 10.1. The minimum Gasteiger partial charge on any atom is -0.375 e. The smallest absolute Gasteiger partial charge is 0.258 e. The van der Waals surface area contributed by atoms with Crippen molar-refractivity contribution >= 4 is 5.65 Å². The SMILES string of the molecule is CCOC(C)(C)CNCc1cc(=O)n2ccccc2n1. The lowest BCUT2D eigenvalue weighted by Crippen LogP contribution is -2.37. The van der Waals surface area contributed by atoms with E-state index in [0.29, 0.717) is 25.3 Å². The van der Waals surface area contributed by atoms with Gasteiger partial charge in [0.1, 0.15) is 5.65 Å². The Hall–Kier alpha value is -1.72. The summed E-state index contributed by atoms with van der Waals surface area (Å²) in [5.74, 6) is 0. The highest BCUT2D eigenvalue weighted by molar-refractivity contribution is 5.37. The highest BCUT2D eigenvalue weighted by Gasteiger charge is 2.16. The van der Waals surface area contributed by atoms with Gasteiger partial charge in [0, 0.05) is 32.0 Å². The zero-order chi connectivity index (χ0) is 14.6. The third-order valence-electron chi connectivity index (χ3n) is 3.02. The summed E-state index contributed by atoms with van der Waals surface area (Å²) in [4.78, 5) is 16.4. The van der Waals surface area contributed by atoms with E-state index in [1.807, 2.05) is 39.0 Å². The molecule has 2 aromatic rings. The van der Waals surface area contributed by atoms with E-state index in [0.717, 1.165) is 5.69 Å². The molecule has 5 heteroatoms. The zero-order valence-corrected chi connectivity index (χ0v) is 12.2. The molecule has 5 nitrogen and oxygen atoms in total. The number of rotatable bonds is 6. The maximum atomic E-state index is 11.9. The summed E-state index contributed by atoms with van der Waals surface area (Å²) in [7, 11) is 0. The quantitative estimate of drug-likeness (QED) is 0.870. The minimum atomic E-state index is -0.222. The van der Waals surface area contributed by atoms with Gasteiger partial charge in [0.2, 0.25) is 0 Å². The van der Waals surface area contributed by atoms with E-state index < -0.39 is 0 Å². The molecule has 20 heavy (non-hydrogen) atoms. The molecule has 2 aromatic heterocycles. The van der Waals surface area contributed by atoms with Crippen LogP contribution >= 0.6 is 0 Å². The first-order valence-corrected chi connectivity index (χ1v) is 6.84. The van der Waals surface area contributed by atoms with Crippen LogP contribution in [0.15, 0.2) is 35.3 Å². The minimum absolute atomic E-state index is 0.0588. The Bertz CT molecular complexity index is 634. The Morgan fingerprint density at radius 1 is 1.40 bits per heavy atom. The Balaban J connectivity index is 2.06. The van der Waals surface area contributed by atoms with Gasteiger partial charge in [-0.05, 0) is 32.9 Å². The van der Waals surface area contributed by atoms with E-state index >= 15 is 0 Å². The molecule has 0 aromatic carbocycles. The van der Waals surface area contributed by atoms with Crippen molar-refractivity contribution in [2.75, 3.05) is 13.2 Å². The van der Waals surface area contributed by atoms with Gasteiger partial charge in [0.15, 0.2) is 0 Å². The summed E-state index contributed by atoms with van der Waals surface area (Å²) in [6.45, 7) is 7.99. The Morgan fingerprint density at radius 3 is 2.95 bits per heavy atom. The zero-order valence-electron chi connectivity index (χ0n) is 12.2. The van der Waals surface area contributed by atoms with Crippen LogP contribution in [0.3, 0.4) is 0 Å². The van der Waals surface area contributed by atoms with Crippen LogP contribution in [0.2, 0.25) is 0 Å². The second-order valence-electron chi connectivity index (χ2n) is 5.31. The first-order chi connectivity index (χ1) is 9.52. The van der Waals surface area contributed by atoms with Crippen LogP contribution in [0.25, 0.3) is 5.65 Å². The van der Waals surface area contributed by atoms with Gasteiger partial charge in [-0.3, -0.25) is 9.20 Å². The van der Waals surface area contributed by atoms with Crippen LogP contribution in [0.5, 0.6) is 0 Å². The molecule has 0 saturated carbocycles. The fraction of sp³-hybridized carbons (Fsp3) is 0.467. The van der Waals surface area contributed by atoms with Crippen LogP contribution in [0.1, 0.15) is 26.5 Å². The number of pyridine rings is 1. The maximum absolute atomic E-state index is 11.9. The number of hydrogen-bond acceptors (Lipinski definition) is 4. The summed E-state index contributed by atoms with van der Waals surface area (Å²) in [5, 5.41) is 3.28. The molecule has 0 bridgehead atoms. The molecule has 0 atom stereocenters. The van der Waals surface area contributed by atoms with E-state index in [1.165, 1.54) is 4.40 Å². The highest BCUT2D eigenvalue weighted by atomic mass is 16.5. The summed E-state index contributed by atoms with van der Waals surface area (Å²) < 4.78 is 7.15. The van der Waals surface area contributed by atoms with E-state index in [9.17, 15) is 4.79 Å². The van der Waals surface area contributed by atoms with Crippen LogP contribution < -0.4 is 10.9 Å². The summed E-state index contributed by atoms with van der Waals surface area (Å²) in [6.07, 6.45) is 1.72. The molecule has 0 aliphatic rings. The molecule has 2 heterocycles. The van der Waals surface area contributed by atoms with Crippen LogP contribution in [0.4, 0.5) is 0 Å². The molecule has 0 radical (unpaired) electrons. The number of aromatic nitrogens is 2. The molecule has 0 unspecified atom stereocenters. The number of nitrogens with one attached hydrogen (secondary N) is 1. The number of ether oxygens (including phenoxy) is 1. The standard InChI is InChI=1S/C15H21N3O2/c1-4-20-15(2,3)11-16-10-12-9-14(19)18-8-6-5-7-13(18)17-12/h5-9,16H,4,10-11H2,1-3H3. The van der Waals surface area contributed by atoms with E-state index in [-0.39, 0.29) is 11.2 Å². The van der Waals surface area contributed by atoms with Crippen molar-refractivity contribution in [2.45, 2.75) is 32.9 Å². The van der Waals surface area contributed by atoms with Crippen LogP contribution in [-0.2, 0) is 11.3 Å². The third kappa shape index (κ3) is 3.65. The largest absolute Gasteiger partial charge is 0.375 e. The number of fused-ring (bicyclic) bond motifs is 1. The predicted octanol–water partition coefficient (Wildman–Crippen LogP) is 1.60. The Morgan fingerprint density at radius 2 is 2.20 bits per heavy atom. The van der Waals surface area contributed by atoms with Crippen molar-refractivity contribution in [1.29, 1.82) is 0 Å². The number of hydrogen-bond donors (Lipinski definition) is 1. The van der Waals surface area contributed by atoms with Crippen molar-refractivity contribution in [3.63, 3.8) is 0 Å². The lowest BCUT2D eigenvalue weighted by molar-refractivity contribution is -0.00901. The molecule has 0 spiro atoms. The highest BCUT2D eigenvalue weighted by Crippen LogP contribution is 2.07. The average molecular weight is 275 g/mol. The van der Waals surface area contributed by atoms with Crippen LogP contribution in [-0.4, -0.2) is 28.1 Å². The summed E-state index contributed by atoms with van der Waals surface area (Å²) in [6, 6.07) is 7.08. The molecule has 0 amide bonds. The van der Waals surface area contributed by atoms with Crippen molar-refractivity contribution in [2.24, 2.45) is 0 Å². The van der Waals surface area contributed by atoms with Crippen molar-refractivity contribution in [3.05, 3.63) is 46.5 Å². The van der Waals surface area contributed by atoms with Gasteiger partial charge in [-0.15, -0.1) is 0 Å². The van der Waals surface area contributed by atoms with Crippen molar-refractivity contribution < 1.29 is 4.74 Å². The van der Waals surface area contributed by atoms with Gasteiger partial charge in [0.05, 0.1) is 11.3 Å². The van der Waals surface area contributed by atoms with Gasteiger partial charge in [0.25, 0.3) is 5.56 Å². The molecular weight excluding hydrogens is 254 g/mol. The molecule has 0 fully saturated rings. The Kier molecular flexibility index (Phi) is 4.52. The van der Waals surface area contributed by atoms with Crippen molar-refractivity contribution in [3.8, 4) is 0 Å². The maximum Gasteiger partial charge on any atom is 0.258 e. The fourth-order valence-corrected chi connectivity index (χ4v) is 2.13. The second-order valence-corrected chi connectivity index (χ2v) is 5.31. The van der Waals surface area contributed by atoms with E-state index in [2.05, 4.69) is 10.3 Å². The predicted molar refractivity (Wildman–Crippen MR) is 78.9 cm³/mol. The monoisotopic (exact) mass is 275 g/mol. The molecule has 2 rings (SSSR count). The molecule has 0 aliphatic carbocycles. The average Bonchev–Trinajstić information content (AvgIpc) is 2.38. The topological polar surface area (TPSA) is 55.6 Å². The molecule has 108 valence electrons. The van der Waals surface area contributed by atoms with E-state index in [1.54, 1.807) is 12.3 Å². The molecule has 0 aliphatic heterocycles. The second kappa shape index (κ2) is 6.15. The summed E-state index contributed by atoms with van der Waals surface area (Å²) >= 11 is 0. The van der Waals surface area contributed by atoms with Crippen LogP contribution in [0, 0.1) is 0 Å². The fourth-order valence-electron chi connectivity index (χ4n) is 2.13. The van der Waals surface area contributed by atoms with Gasteiger partial charge in [-0.2, -0.15) is 0 Å². The van der Waals surface area contributed by atoms with E-state index in [4.69, 9.17) is 4.74 Å². The third-order valence-corrected chi connectivity index (χ3v) is 3.02. The Labute approximate surface area is 118 Å². The van der Waals surface area contributed by atoms with Gasteiger partial charge >= 0.3 is 0 Å². The first-order valence-electron chi connectivity index (χ1n) is 6.84. The molecular formula is C15H21N3O2. The molecule has 1 N–H and O–H groups in total. The molecule has 0 saturated heterocycles. The summed E-state index contributed by atoms with van der Waals surface area (Å²) in [5.41, 5.74) is 1.13.